The maximum absolute atomic E-state index is 12.0. The van der Waals surface area contributed by atoms with Crippen molar-refractivity contribution in [3.63, 3.8) is 0 Å². The van der Waals surface area contributed by atoms with Gasteiger partial charge in [0.05, 0.1) is 6.54 Å². The van der Waals surface area contributed by atoms with Crippen molar-refractivity contribution in [3.05, 3.63) is 0 Å². The fourth-order valence-corrected chi connectivity index (χ4v) is 1.98. The van der Waals surface area contributed by atoms with Crippen LogP contribution in [0.3, 0.4) is 0 Å². The van der Waals surface area contributed by atoms with Gasteiger partial charge in [0.1, 0.15) is 0 Å². The number of rotatable bonds is 5. The molecule has 0 aromatic carbocycles. The van der Waals surface area contributed by atoms with Gasteiger partial charge in [-0.05, 0) is 39.3 Å². The lowest BCUT2D eigenvalue weighted by atomic mass is 10.0. The molecule has 1 aliphatic heterocycles. The summed E-state index contributed by atoms with van der Waals surface area (Å²) in [6.07, 6.45) is 1.55. The highest BCUT2D eigenvalue weighted by molar-refractivity contribution is 5.84. The Kier molecular flexibility index (Phi) is 4.73. The van der Waals surface area contributed by atoms with E-state index in [1.54, 1.807) is 4.90 Å². The lowest BCUT2D eigenvalue weighted by Gasteiger charge is -2.26. The summed E-state index contributed by atoms with van der Waals surface area (Å²) in [7, 11) is 0. The fourth-order valence-electron chi connectivity index (χ4n) is 1.98. The quantitative estimate of drug-likeness (QED) is 0.677. The Labute approximate surface area is 96.4 Å². The van der Waals surface area contributed by atoms with Crippen molar-refractivity contribution in [1.82, 2.24) is 10.2 Å². The molecule has 1 fully saturated rings. The van der Waals surface area contributed by atoms with E-state index in [0.29, 0.717) is 12.3 Å². The highest BCUT2D eigenvalue weighted by Gasteiger charge is 2.24. The van der Waals surface area contributed by atoms with Crippen molar-refractivity contribution < 1.29 is 9.59 Å². The summed E-state index contributed by atoms with van der Waals surface area (Å²) in [6.45, 7) is 5.70. The second-order valence-electron chi connectivity index (χ2n) is 4.64. The van der Waals surface area contributed by atoms with Crippen molar-refractivity contribution in [2.45, 2.75) is 32.7 Å². The SMILES string of the molecule is CC(C)N(CC(N)=O)C(=O)CC1CCNC1. The molecule has 0 radical (unpaired) electrons. The zero-order valence-corrected chi connectivity index (χ0v) is 10.0. The van der Waals surface area contributed by atoms with E-state index < -0.39 is 5.91 Å². The van der Waals surface area contributed by atoms with Gasteiger partial charge < -0.3 is 16.0 Å². The van der Waals surface area contributed by atoms with E-state index in [4.69, 9.17) is 5.73 Å². The highest BCUT2D eigenvalue weighted by Crippen LogP contribution is 2.14. The largest absolute Gasteiger partial charge is 0.368 e. The average Bonchev–Trinajstić information content (AvgIpc) is 2.65. The Balaban J connectivity index is 2.49. The molecular weight excluding hydrogens is 206 g/mol. The molecule has 0 aromatic heterocycles. The number of nitrogens with zero attached hydrogens (tertiary/aromatic N) is 1. The Morgan fingerprint density at radius 3 is 2.62 bits per heavy atom. The van der Waals surface area contributed by atoms with Gasteiger partial charge in [-0.15, -0.1) is 0 Å². The first-order chi connectivity index (χ1) is 7.50. The predicted octanol–water partition coefficient (Wildman–Crippen LogP) is -0.292. The zero-order chi connectivity index (χ0) is 12.1. The first-order valence-electron chi connectivity index (χ1n) is 5.79. The molecule has 1 rings (SSSR count). The summed E-state index contributed by atoms with van der Waals surface area (Å²) < 4.78 is 0. The van der Waals surface area contributed by atoms with E-state index in [0.717, 1.165) is 19.5 Å². The fraction of sp³-hybridized carbons (Fsp3) is 0.818. The number of primary amides is 1. The predicted molar refractivity (Wildman–Crippen MR) is 61.6 cm³/mol. The van der Waals surface area contributed by atoms with Crippen LogP contribution in [0.1, 0.15) is 26.7 Å². The molecule has 0 aromatic rings. The van der Waals surface area contributed by atoms with E-state index >= 15 is 0 Å². The van der Waals surface area contributed by atoms with Crippen LogP contribution in [-0.4, -0.2) is 42.4 Å². The molecule has 0 saturated carbocycles. The monoisotopic (exact) mass is 227 g/mol. The second-order valence-corrected chi connectivity index (χ2v) is 4.64. The van der Waals surface area contributed by atoms with Crippen LogP contribution in [0.2, 0.25) is 0 Å². The lowest BCUT2D eigenvalue weighted by molar-refractivity contribution is -0.137. The van der Waals surface area contributed by atoms with Gasteiger partial charge in [0, 0.05) is 12.5 Å². The number of nitrogens with two attached hydrogens (primary N) is 1. The molecule has 1 heterocycles. The van der Waals surface area contributed by atoms with Crippen LogP contribution in [0.5, 0.6) is 0 Å². The minimum atomic E-state index is -0.452. The summed E-state index contributed by atoms with van der Waals surface area (Å²) in [5, 5.41) is 3.22. The summed E-state index contributed by atoms with van der Waals surface area (Å²) in [4.78, 5) is 24.4. The van der Waals surface area contributed by atoms with Crippen molar-refractivity contribution in [2.24, 2.45) is 11.7 Å². The average molecular weight is 227 g/mol. The van der Waals surface area contributed by atoms with Crippen molar-refractivity contribution in [2.75, 3.05) is 19.6 Å². The van der Waals surface area contributed by atoms with Crippen LogP contribution in [0.15, 0.2) is 0 Å². The maximum Gasteiger partial charge on any atom is 0.237 e. The van der Waals surface area contributed by atoms with Crippen molar-refractivity contribution >= 4 is 11.8 Å². The molecule has 0 aliphatic carbocycles. The Morgan fingerprint density at radius 2 is 2.19 bits per heavy atom. The van der Waals surface area contributed by atoms with E-state index in [1.807, 2.05) is 13.8 Å². The normalized spacial score (nSPS) is 20.1. The maximum atomic E-state index is 12.0. The third-order valence-electron chi connectivity index (χ3n) is 2.90. The zero-order valence-electron chi connectivity index (χ0n) is 10.0. The minimum Gasteiger partial charge on any atom is -0.368 e. The molecule has 1 unspecified atom stereocenters. The van der Waals surface area contributed by atoms with E-state index in [9.17, 15) is 9.59 Å². The smallest absolute Gasteiger partial charge is 0.237 e. The molecule has 1 aliphatic rings. The first-order valence-corrected chi connectivity index (χ1v) is 5.79. The van der Waals surface area contributed by atoms with Gasteiger partial charge >= 0.3 is 0 Å². The standard InChI is InChI=1S/C11H21N3O2/c1-8(2)14(7-10(12)15)11(16)5-9-3-4-13-6-9/h8-9,13H,3-7H2,1-2H3,(H2,12,15). The number of hydrogen-bond acceptors (Lipinski definition) is 3. The minimum absolute atomic E-state index is 0.0226. The Morgan fingerprint density at radius 1 is 1.50 bits per heavy atom. The van der Waals surface area contributed by atoms with Crippen molar-refractivity contribution in [3.8, 4) is 0 Å². The number of hydrogen-bond donors (Lipinski definition) is 2. The molecule has 1 atom stereocenters. The lowest BCUT2D eigenvalue weighted by Crippen LogP contribution is -2.43. The Bertz CT molecular complexity index is 260. The second kappa shape index (κ2) is 5.84. The van der Waals surface area contributed by atoms with E-state index in [2.05, 4.69) is 5.32 Å². The number of nitrogens with one attached hydrogen (secondary N) is 1. The summed E-state index contributed by atoms with van der Waals surface area (Å²) in [5.41, 5.74) is 5.13. The van der Waals surface area contributed by atoms with Crippen molar-refractivity contribution in [1.29, 1.82) is 0 Å². The van der Waals surface area contributed by atoms with E-state index in [1.165, 1.54) is 0 Å². The number of carbonyl (C=O) groups excluding carboxylic acids is 2. The first kappa shape index (κ1) is 13.0. The Hall–Kier alpha value is -1.10. The van der Waals surface area contributed by atoms with Crippen LogP contribution in [0.4, 0.5) is 0 Å². The molecule has 92 valence electrons. The third kappa shape index (κ3) is 3.81. The van der Waals surface area contributed by atoms with Gasteiger partial charge in [0.2, 0.25) is 11.8 Å². The summed E-state index contributed by atoms with van der Waals surface area (Å²) in [6, 6.07) is 0.0226. The molecule has 5 nitrogen and oxygen atoms in total. The van der Waals surface area contributed by atoms with Crippen LogP contribution in [0.25, 0.3) is 0 Å². The summed E-state index contributed by atoms with van der Waals surface area (Å²) >= 11 is 0. The van der Waals surface area contributed by atoms with Gasteiger partial charge in [-0.1, -0.05) is 0 Å². The van der Waals surface area contributed by atoms with Gasteiger partial charge in [-0.3, -0.25) is 9.59 Å². The van der Waals surface area contributed by atoms with Crippen LogP contribution in [0, 0.1) is 5.92 Å². The molecule has 5 heteroatoms. The van der Waals surface area contributed by atoms with E-state index in [-0.39, 0.29) is 18.5 Å². The molecule has 16 heavy (non-hydrogen) atoms. The molecular formula is C11H21N3O2. The molecule has 2 amide bonds. The molecule has 0 bridgehead atoms. The molecule has 1 saturated heterocycles. The van der Waals surface area contributed by atoms with Crippen LogP contribution >= 0.6 is 0 Å². The summed E-state index contributed by atoms with van der Waals surface area (Å²) in [5.74, 6) is -0.0178. The molecule has 0 spiro atoms. The molecule has 3 N–H and O–H groups in total. The van der Waals surface area contributed by atoms with Gasteiger partial charge in [-0.2, -0.15) is 0 Å². The highest BCUT2D eigenvalue weighted by atomic mass is 16.2. The van der Waals surface area contributed by atoms with Crippen LogP contribution in [-0.2, 0) is 9.59 Å². The van der Waals surface area contributed by atoms with Gasteiger partial charge in [-0.25, -0.2) is 0 Å². The topological polar surface area (TPSA) is 75.4 Å². The van der Waals surface area contributed by atoms with Crippen LogP contribution < -0.4 is 11.1 Å². The van der Waals surface area contributed by atoms with Gasteiger partial charge in [0.25, 0.3) is 0 Å². The number of carbonyl (C=O) groups is 2. The van der Waals surface area contributed by atoms with Gasteiger partial charge in [0.15, 0.2) is 0 Å². The third-order valence-corrected chi connectivity index (χ3v) is 2.90. The number of amides is 2.